The Bertz CT molecular complexity index is 773. The van der Waals surface area contributed by atoms with Crippen molar-refractivity contribution in [2.45, 2.75) is 12.1 Å². The number of nitrogens with one attached hydrogen (secondary N) is 1. The summed E-state index contributed by atoms with van der Waals surface area (Å²) < 4.78 is 0. The van der Waals surface area contributed by atoms with Crippen LogP contribution < -0.4 is 5.32 Å². The molecule has 0 aliphatic carbocycles. The Hall–Kier alpha value is -1.90. The van der Waals surface area contributed by atoms with E-state index in [1.807, 2.05) is 6.92 Å². The Morgan fingerprint density at radius 3 is 2.74 bits per heavy atom. The number of aromatic nitrogens is 2. The Labute approximate surface area is 145 Å². The van der Waals surface area contributed by atoms with E-state index in [0.717, 1.165) is 11.8 Å². The number of benzene rings is 1. The van der Waals surface area contributed by atoms with Crippen LogP contribution in [0.5, 0.6) is 0 Å². The zero-order valence-electron chi connectivity index (χ0n) is 11.7. The van der Waals surface area contributed by atoms with Gasteiger partial charge in [0.15, 0.2) is 10.9 Å². The number of thioether (sulfide) groups is 1. The molecule has 1 amide bonds. The number of rotatable bonds is 5. The molecule has 0 spiro atoms. The van der Waals surface area contributed by atoms with Crippen molar-refractivity contribution in [1.29, 1.82) is 0 Å². The number of amides is 1. The zero-order valence-corrected chi connectivity index (χ0v) is 14.1. The van der Waals surface area contributed by atoms with Gasteiger partial charge in [0, 0.05) is 12.1 Å². The van der Waals surface area contributed by atoms with E-state index in [1.165, 1.54) is 30.1 Å². The minimum absolute atomic E-state index is 0.00651. The monoisotopic (exact) mass is 372 g/mol. The van der Waals surface area contributed by atoms with Crippen molar-refractivity contribution in [2.24, 2.45) is 0 Å². The highest BCUT2D eigenvalue weighted by atomic mass is 35.5. The van der Waals surface area contributed by atoms with Gasteiger partial charge in [-0.05, 0) is 11.8 Å². The third kappa shape index (κ3) is 4.31. The first-order valence-electron chi connectivity index (χ1n) is 6.33. The number of carbonyl (C=O) groups excluding carboxylic acids is 1. The molecule has 0 radical (unpaired) electrons. The van der Waals surface area contributed by atoms with Gasteiger partial charge in [0.05, 0.1) is 26.9 Å². The number of nitrogens with zero attached hydrogens (tertiary/aromatic N) is 3. The van der Waals surface area contributed by atoms with Gasteiger partial charge in [-0.1, -0.05) is 41.9 Å². The van der Waals surface area contributed by atoms with Gasteiger partial charge in [0.25, 0.3) is 11.6 Å². The summed E-state index contributed by atoms with van der Waals surface area (Å²) in [5.74, 6) is 0.169. The first-order chi connectivity index (χ1) is 10.9. The van der Waals surface area contributed by atoms with E-state index in [0.29, 0.717) is 5.16 Å². The Morgan fingerprint density at radius 2 is 2.13 bits per heavy atom. The molecule has 1 heterocycles. The van der Waals surface area contributed by atoms with Crippen LogP contribution in [0.4, 0.5) is 11.4 Å². The second-order valence-electron chi connectivity index (χ2n) is 4.16. The van der Waals surface area contributed by atoms with Crippen molar-refractivity contribution in [3.8, 4) is 0 Å². The van der Waals surface area contributed by atoms with Crippen LogP contribution >= 0.6 is 35.0 Å². The van der Waals surface area contributed by atoms with Crippen molar-refractivity contribution in [1.82, 2.24) is 9.97 Å². The molecule has 1 N–H and O–H groups in total. The van der Waals surface area contributed by atoms with Gasteiger partial charge in [-0.3, -0.25) is 14.9 Å². The van der Waals surface area contributed by atoms with Gasteiger partial charge < -0.3 is 5.32 Å². The zero-order chi connectivity index (χ0) is 17.0. The Morgan fingerprint density at radius 1 is 1.39 bits per heavy atom. The number of carbonyl (C=O) groups is 1. The van der Waals surface area contributed by atoms with E-state index < -0.39 is 10.8 Å². The quantitative estimate of drug-likeness (QED) is 0.367. The summed E-state index contributed by atoms with van der Waals surface area (Å²) in [6, 6.07) is 3.73. The molecular weight excluding hydrogens is 363 g/mol. The summed E-state index contributed by atoms with van der Waals surface area (Å²) in [5.41, 5.74) is 0.0587. The molecule has 0 saturated carbocycles. The third-order valence-corrected chi connectivity index (χ3v) is 3.96. The topological polar surface area (TPSA) is 98.0 Å². The van der Waals surface area contributed by atoms with Crippen molar-refractivity contribution in [3.63, 3.8) is 0 Å². The highest BCUT2D eigenvalue weighted by molar-refractivity contribution is 7.99. The average molecular weight is 373 g/mol. The van der Waals surface area contributed by atoms with E-state index in [1.54, 1.807) is 0 Å². The van der Waals surface area contributed by atoms with Crippen LogP contribution in [0, 0.1) is 10.1 Å². The third-order valence-electron chi connectivity index (χ3n) is 2.62. The van der Waals surface area contributed by atoms with Crippen LogP contribution in [0.15, 0.2) is 29.6 Å². The van der Waals surface area contributed by atoms with E-state index in [2.05, 4.69) is 15.3 Å². The van der Waals surface area contributed by atoms with Gasteiger partial charge in [-0.25, -0.2) is 9.97 Å². The lowest BCUT2D eigenvalue weighted by Gasteiger charge is -2.08. The minimum Gasteiger partial charge on any atom is -0.319 e. The lowest BCUT2D eigenvalue weighted by atomic mass is 10.2. The number of non-ortho nitro benzene ring substituents is 1. The molecule has 0 bridgehead atoms. The molecule has 0 saturated heterocycles. The van der Waals surface area contributed by atoms with Crippen molar-refractivity contribution in [2.75, 3.05) is 11.1 Å². The van der Waals surface area contributed by atoms with Crippen molar-refractivity contribution < 1.29 is 9.72 Å². The van der Waals surface area contributed by atoms with E-state index in [9.17, 15) is 14.9 Å². The number of hydrogen-bond donors (Lipinski definition) is 1. The highest BCUT2D eigenvalue weighted by Crippen LogP contribution is 2.27. The fourth-order valence-corrected chi connectivity index (χ4v) is 2.55. The summed E-state index contributed by atoms with van der Waals surface area (Å²) in [7, 11) is 0. The number of hydrogen-bond acceptors (Lipinski definition) is 6. The fourth-order valence-electron chi connectivity index (χ4n) is 1.61. The van der Waals surface area contributed by atoms with Crippen LogP contribution in [0.25, 0.3) is 0 Å². The Balaban J connectivity index is 2.25. The number of halogens is 2. The highest BCUT2D eigenvalue weighted by Gasteiger charge is 2.17. The predicted octanol–water partition coefficient (Wildman–Crippen LogP) is 4.06. The molecule has 23 heavy (non-hydrogen) atoms. The summed E-state index contributed by atoms with van der Waals surface area (Å²) in [6.07, 6.45) is 1.35. The molecule has 0 unspecified atom stereocenters. The van der Waals surface area contributed by atoms with E-state index in [-0.39, 0.29) is 27.1 Å². The fraction of sp³-hybridized carbons (Fsp3) is 0.154. The van der Waals surface area contributed by atoms with Crippen LogP contribution in [0.3, 0.4) is 0 Å². The lowest BCUT2D eigenvalue weighted by Crippen LogP contribution is -2.15. The minimum atomic E-state index is -0.578. The van der Waals surface area contributed by atoms with Crippen LogP contribution in [0.1, 0.15) is 17.4 Å². The molecule has 120 valence electrons. The molecule has 10 heteroatoms. The van der Waals surface area contributed by atoms with Gasteiger partial charge in [0.1, 0.15) is 0 Å². The molecular formula is C13H10Cl2N4O3S. The molecule has 7 nitrogen and oxygen atoms in total. The van der Waals surface area contributed by atoms with Crippen LogP contribution in [0.2, 0.25) is 10.0 Å². The maximum Gasteiger partial charge on any atom is 0.276 e. The lowest BCUT2D eigenvalue weighted by molar-refractivity contribution is -0.384. The van der Waals surface area contributed by atoms with Crippen molar-refractivity contribution >= 4 is 52.2 Å². The second-order valence-corrected chi connectivity index (χ2v) is 6.20. The second kappa shape index (κ2) is 7.58. The van der Waals surface area contributed by atoms with Crippen LogP contribution in [-0.4, -0.2) is 26.6 Å². The SMILES string of the molecule is CCSc1ncc(Cl)c(C(=O)Nc2ccc([N+](=O)[O-])cc2Cl)n1. The molecule has 2 rings (SSSR count). The maximum absolute atomic E-state index is 12.3. The first kappa shape index (κ1) is 17.5. The summed E-state index contributed by atoms with van der Waals surface area (Å²) >= 11 is 13.3. The predicted molar refractivity (Wildman–Crippen MR) is 89.5 cm³/mol. The smallest absolute Gasteiger partial charge is 0.276 e. The van der Waals surface area contributed by atoms with Gasteiger partial charge in [0.2, 0.25) is 0 Å². The molecule has 0 atom stereocenters. The number of anilines is 1. The van der Waals surface area contributed by atoms with Gasteiger partial charge in [-0.15, -0.1) is 0 Å². The number of nitro benzene ring substituents is 1. The summed E-state index contributed by atoms with van der Waals surface area (Å²) in [6.45, 7) is 1.93. The summed E-state index contributed by atoms with van der Waals surface area (Å²) in [5, 5.41) is 13.8. The van der Waals surface area contributed by atoms with Gasteiger partial charge >= 0.3 is 0 Å². The molecule has 1 aromatic heterocycles. The van der Waals surface area contributed by atoms with E-state index >= 15 is 0 Å². The van der Waals surface area contributed by atoms with Gasteiger partial charge in [-0.2, -0.15) is 0 Å². The molecule has 2 aromatic rings. The summed E-state index contributed by atoms with van der Waals surface area (Å²) in [4.78, 5) is 30.5. The largest absolute Gasteiger partial charge is 0.319 e. The standard InChI is InChI=1S/C13H10Cl2N4O3S/c1-2-23-13-16-6-9(15)11(18-13)12(20)17-10-4-3-7(19(21)22)5-8(10)14/h3-6H,2H2,1H3,(H,17,20). The molecule has 0 aliphatic rings. The molecule has 0 fully saturated rings. The number of nitro groups is 1. The molecule has 1 aromatic carbocycles. The molecule has 0 aliphatic heterocycles. The van der Waals surface area contributed by atoms with E-state index in [4.69, 9.17) is 23.2 Å². The maximum atomic E-state index is 12.3. The normalized spacial score (nSPS) is 10.4. The van der Waals surface area contributed by atoms with Crippen LogP contribution in [-0.2, 0) is 0 Å². The average Bonchev–Trinajstić information content (AvgIpc) is 2.51. The Kier molecular flexibility index (Phi) is 5.75. The first-order valence-corrected chi connectivity index (χ1v) is 8.07. The van der Waals surface area contributed by atoms with Crippen molar-refractivity contribution in [3.05, 3.63) is 50.2 Å².